The van der Waals surface area contributed by atoms with Crippen molar-refractivity contribution in [2.24, 2.45) is 0 Å². The maximum Gasteiger partial charge on any atom is 0.0106 e. The van der Waals surface area contributed by atoms with E-state index in [0.29, 0.717) is 0 Å². The molecule has 0 aliphatic rings. The molecule has 2 nitrogen and oxygen atoms in total. The first kappa shape index (κ1) is 10.1. The Morgan fingerprint density at radius 2 is 1.60 bits per heavy atom. The monoisotopic (exact) mass is 160 g/mol. The highest BCUT2D eigenvalue weighted by atomic mass is 28.1. The van der Waals surface area contributed by atoms with E-state index in [-0.39, 0.29) is 0 Å². The lowest BCUT2D eigenvalue weighted by Crippen LogP contribution is -2.29. The van der Waals surface area contributed by atoms with Crippen molar-refractivity contribution >= 4 is 10.2 Å². The van der Waals surface area contributed by atoms with Gasteiger partial charge >= 0.3 is 0 Å². The van der Waals surface area contributed by atoms with Crippen LogP contribution >= 0.6 is 0 Å². The summed E-state index contributed by atoms with van der Waals surface area (Å²) in [7, 11) is 7.77. The van der Waals surface area contributed by atoms with Gasteiger partial charge in [-0.25, -0.2) is 0 Å². The second-order valence-corrected chi connectivity index (χ2v) is 4.11. The van der Waals surface area contributed by atoms with E-state index in [0.717, 1.165) is 0 Å². The first-order chi connectivity index (χ1) is 4.66. The Hall–Kier alpha value is 0.137. The van der Waals surface area contributed by atoms with Crippen molar-refractivity contribution in [2.45, 2.75) is 6.04 Å². The van der Waals surface area contributed by atoms with E-state index < -0.39 is 0 Å². The molecule has 0 amide bonds. The van der Waals surface area contributed by atoms with Gasteiger partial charge in [0.05, 0.1) is 0 Å². The van der Waals surface area contributed by atoms with Crippen LogP contribution < -0.4 is 0 Å². The van der Waals surface area contributed by atoms with Gasteiger partial charge < -0.3 is 9.80 Å². The fourth-order valence-corrected chi connectivity index (χ4v) is 1.63. The average Bonchev–Trinajstić information content (AvgIpc) is 1.85. The Balaban J connectivity index is 3.12. The van der Waals surface area contributed by atoms with E-state index in [2.05, 4.69) is 30.9 Å². The molecule has 0 aliphatic heterocycles. The third-order valence-corrected chi connectivity index (χ3v) is 1.98. The highest BCUT2D eigenvalue weighted by Crippen LogP contribution is 1.85. The van der Waals surface area contributed by atoms with Gasteiger partial charge in [-0.15, -0.1) is 0 Å². The van der Waals surface area contributed by atoms with Crippen LogP contribution in [0.25, 0.3) is 0 Å². The summed E-state index contributed by atoms with van der Waals surface area (Å²) < 4.78 is 0. The molecule has 0 bridgehead atoms. The van der Waals surface area contributed by atoms with E-state index in [1.807, 2.05) is 0 Å². The van der Waals surface area contributed by atoms with Gasteiger partial charge in [-0.05, 0) is 27.7 Å². The maximum absolute atomic E-state index is 2.40. The molecule has 0 aromatic rings. The summed E-state index contributed by atoms with van der Waals surface area (Å²) in [4.78, 5) is 4.62. The van der Waals surface area contributed by atoms with Crippen molar-refractivity contribution < 1.29 is 0 Å². The summed E-state index contributed by atoms with van der Waals surface area (Å²) in [5.74, 6) is 0. The summed E-state index contributed by atoms with van der Waals surface area (Å²) >= 11 is 0. The fraction of sp³-hybridized carbons (Fsp3) is 1.00. The first-order valence-corrected chi connectivity index (χ1v) is 5.41. The standard InChI is InChI=1S/C7H20N2Si/c1-8(2)4-5-9(3)6-7-10/h4-7H2,1-3,10H3. The zero-order valence-electron chi connectivity index (χ0n) is 7.72. The summed E-state index contributed by atoms with van der Waals surface area (Å²) in [6.45, 7) is 3.66. The number of rotatable bonds is 5. The largest absolute Gasteiger partial charge is 0.308 e. The second-order valence-electron chi connectivity index (χ2n) is 3.11. The van der Waals surface area contributed by atoms with E-state index in [4.69, 9.17) is 0 Å². The van der Waals surface area contributed by atoms with Crippen LogP contribution in [0.3, 0.4) is 0 Å². The zero-order valence-corrected chi connectivity index (χ0v) is 9.72. The molecule has 0 rings (SSSR count). The Labute approximate surface area is 67.6 Å². The zero-order chi connectivity index (χ0) is 7.98. The van der Waals surface area contributed by atoms with Crippen LogP contribution in [0.5, 0.6) is 0 Å². The van der Waals surface area contributed by atoms with Gasteiger partial charge in [0.1, 0.15) is 0 Å². The van der Waals surface area contributed by atoms with Gasteiger partial charge in [0.2, 0.25) is 0 Å². The summed E-state index contributed by atoms with van der Waals surface area (Å²) in [5, 5.41) is 0. The smallest absolute Gasteiger partial charge is 0.0106 e. The number of hydrogen-bond acceptors (Lipinski definition) is 2. The normalized spacial score (nSPS) is 11.7. The molecule has 0 fully saturated rings. The Bertz CT molecular complexity index is 76.0. The molecule has 62 valence electrons. The molecule has 3 heteroatoms. The average molecular weight is 160 g/mol. The lowest BCUT2D eigenvalue weighted by atomic mass is 10.5. The number of hydrogen-bond donors (Lipinski definition) is 0. The van der Waals surface area contributed by atoms with Crippen molar-refractivity contribution in [3.63, 3.8) is 0 Å². The molecule has 0 spiro atoms. The van der Waals surface area contributed by atoms with Gasteiger partial charge in [-0.2, -0.15) is 0 Å². The Morgan fingerprint density at radius 1 is 1.00 bits per heavy atom. The highest BCUT2D eigenvalue weighted by Gasteiger charge is 1.95. The molecule has 0 saturated heterocycles. The minimum Gasteiger partial charge on any atom is -0.308 e. The topological polar surface area (TPSA) is 6.48 Å². The molecule has 10 heavy (non-hydrogen) atoms. The number of likely N-dealkylation sites (N-methyl/N-ethyl adjacent to an activating group) is 2. The van der Waals surface area contributed by atoms with Crippen molar-refractivity contribution in [3.05, 3.63) is 0 Å². The van der Waals surface area contributed by atoms with Crippen LogP contribution in [-0.4, -0.2) is 60.8 Å². The molecule has 0 aromatic carbocycles. The van der Waals surface area contributed by atoms with Crippen molar-refractivity contribution in [1.29, 1.82) is 0 Å². The van der Waals surface area contributed by atoms with Crippen LogP contribution in [0.2, 0.25) is 6.04 Å². The molecule has 0 saturated carbocycles. The summed E-state index contributed by atoms with van der Waals surface area (Å²) in [6, 6.07) is 1.39. The molecule has 0 radical (unpaired) electrons. The quantitative estimate of drug-likeness (QED) is 0.489. The van der Waals surface area contributed by atoms with Crippen molar-refractivity contribution in [2.75, 3.05) is 40.8 Å². The molecular weight excluding hydrogens is 140 g/mol. The molecule has 0 N–H and O–H groups in total. The number of nitrogens with zero attached hydrogens (tertiary/aromatic N) is 2. The fourth-order valence-electron chi connectivity index (χ4n) is 0.864. The predicted octanol–water partition coefficient (Wildman–Crippen LogP) is -0.736. The van der Waals surface area contributed by atoms with Gasteiger partial charge in [0, 0.05) is 23.3 Å². The minimum atomic E-state index is 1.18. The lowest BCUT2D eigenvalue weighted by molar-refractivity contribution is 0.292. The SMILES string of the molecule is CN(C)CCN(C)CC[SiH3]. The van der Waals surface area contributed by atoms with Gasteiger partial charge in [-0.3, -0.25) is 0 Å². The van der Waals surface area contributed by atoms with E-state index >= 15 is 0 Å². The third-order valence-electron chi connectivity index (χ3n) is 1.53. The van der Waals surface area contributed by atoms with Crippen molar-refractivity contribution in [1.82, 2.24) is 9.80 Å². The molecule has 0 heterocycles. The molecule has 0 aromatic heterocycles. The van der Waals surface area contributed by atoms with E-state index in [1.165, 1.54) is 35.9 Å². The Kier molecular flexibility index (Phi) is 5.97. The third kappa shape index (κ3) is 6.26. The summed E-state index contributed by atoms with van der Waals surface area (Å²) in [6.07, 6.45) is 0. The van der Waals surface area contributed by atoms with Crippen molar-refractivity contribution in [3.8, 4) is 0 Å². The predicted molar refractivity (Wildman–Crippen MR) is 50.8 cm³/mol. The second kappa shape index (κ2) is 5.89. The summed E-state index contributed by atoms with van der Waals surface area (Å²) in [5.41, 5.74) is 0. The molecule has 0 atom stereocenters. The highest BCUT2D eigenvalue weighted by molar-refractivity contribution is 6.08. The van der Waals surface area contributed by atoms with Gasteiger partial charge in [0.25, 0.3) is 0 Å². The molecule has 0 aliphatic carbocycles. The maximum atomic E-state index is 2.40. The minimum absolute atomic E-state index is 1.18. The Morgan fingerprint density at radius 3 is 2.00 bits per heavy atom. The lowest BCUT2D eigenvalue weighted by Gasteiger charge is -2.17. The molecule has 0 unspecified atom stereocenters. The van der Waals surface area contributed by atoms with Gasteiger partial charge in [0.15, 0.2) is 0 Å². The van der Waals surface area contributed by atoms with Crippen LogP contribution in [0.4, 0.5) is 0 Å². The van der Waals surface area contributed by atoms with Crippen LogP contribution in [0.1, 0.15) is 0 Å². The molecular formula is C7H20N2Si. The van der Waals surface area contributed by atoms with Crippen LogP contribution in [0, 0.1) is 0 Å². The van der Waals surface area contributed by atoms with Crippen LogP contribution in [0.15, 0.2) is 0 Å². The van der Waals surface area contributed by atoms with E-state index in [1.54, 1.807) is 0 Å². The first-order valence-electron chi connectivity index (χ1n) is 4.00. The van der Waals surface area contributed by atoms with Gasteiger partial charge in [-0.1, -0.05) is 6.04 Å². The van der Waals surface area contributed by atoms with E-state index in [9.17, 15) is 0 Å². The van der Waals surface area contributed by atoms with Crippen LogP contribution in [-0.2, 0) is 0 Å².